The summed E-state index contributed by atoms with van der Waals surface area (Å²) in [6.07, 6.45) is 0.840. The molecule has 1 aromatic rings. The number of hydrogen-bond acceptors (Lipinski definition) is 7. The quantitative estimate of drug-likeness (QED) is 0.473. The van der Waals surface area contributed by atoms with Gasteiger partial charge in [0.2, 0.25) is 0 Å². The van der Waals surface area contributed by atoms with Crippen LogP contribution < -0.4 is 5.32 Å². The fourth-order valence-electron chi connectivity index (χ4n) is 2.32. The molecule has 0 bridgehead atoms. The molecule has 1 unspecified atom stereocenters. The van der Waals surface area contributed by atoms with Gasteiger partial charge in [-0.05, 0) is 24.4 Å². The number of nitrogens with one attached hydrogen (secondary N) is 1. The van der Waals surface area contributed by atoms with E-state index in [2.05, 4.69) is 10.1 Å². The lowest BCUT2D eigenvalue weighted by Crippen LogP contribution is -2.40. The molecule has 2 atom stereocenters. The van der Waals surface area contributed by atoms with Crippen LogP contribution in [0.3, 0.4) is 0 Å². The van der Waals surface area contributed by atoms with Gasteiger partial charge in [0.25, 0.3) is 0 Å². The third-order valence-electron chi connectivity index (χ3n) is 3.87. The van der Waals surface area contributed by atoms with Crippen LogP contribution in [0.25, 0.3) is 0 Å². The third-order valence-corrected chi connectivity index (χ3v) is 3.87. The summed E-state index contributed by atoms with van der Waals surface area (Å²) in [4.78, 5) is 35.1. The van der Waals surface area contributed by atoms with E-state index in [0.29, 0.717) is 19.4 Å². The summed E-state index contributed by atoms with van der Waals surface area (Å²) in [7, 11) is 2.62. The van der Waals surface area contributed by atoms with E-state index in [9.17, 15) is 14.4 Å². The largest absolute Gasteiger partial charge is 0.469 e. The molecule has 1 aromatic carbocycles. The molecule has 0 aromatic heterocycles. The summed E-state index contributed by atoms with van der Waals surface area (Å²) in [5.74, 6) is -1.19. The molecule has 0 radical (unpaired) electrons. The molecule has 0 spiro atoms. The molecular formula is C19H27NO6. The first kappa shape index (κ1) is 21.6. The van der Waals surface area contributed by atoms with Crippen molar-refractivity contribution in [2.75, 3.05) is 20.8 Å². The highest BCUT2D eigenvalue weighted by atomic mass is 16.5. The van der Waals surface area contributed by atoms with Gasteiger partial charge in [0, 0.05) is 6.42 Å². The van der Waals surface area contributed by atoms with Crippen LogP contribution in [0.5, 0.6) is 0 Å². The van der Waals surface area contributed by atoms with Crippen molar-refractivity contribution >= 4 is 17.9 Å². The molecule has 0 aliphatic rings. The third kappa shape index (κ3) is 8.62. The highest BCUT2D eigenvalue weighted by molar-refractivity contribution is 5.82. The zero-order valence-corrected chi connectivity index (χ0v) is 15.5. The van der Waals surface area contributed by atoms with Crippen molar-refractivity contribution in [3.8, 4) is 0 Å². The second-order valence-corrected chi connectivity index (χ2v) is 6.05. The molecule has 26 heavy (non-hydrogen) atoms. The minimum atomic E-state index is -0.784. The Kier molecular flexibility index (Phi) is 10.0. The second kappa shape index (κ2) is 12.0. The summed E-state index contributed by atoms with van der Waals surface area (Å²) in [6.45, 7) is 2.54. The van der Waals surface area contributed by atoms with Gasteiger partial charge in [-0.2, -0.15) is 0 Å². The predicted octanol–water partition coefficient (Wildman–Crippen LogP) is 1.84. The van der Waals surface area contributed by atoms with Gasteiger partial charge in [-0.3, -0.25) is 14.4 Å². The van der Waals surface area contributed by atoms with Gasteiger partial charge in [0.15, 0.2) is 0 Å². The van der Waals surface area contributed by atoms with Crippen LogP contribution in [0.1, 0.15) is 31.7 Å². The van der Waals surface area contributed by atoms with Crippen molar-refractivity contribution in [1.29, 1.82) is 0 Å². The fraction of sp³-hybridized carbons (Fsp3) is 0.526. The van der Waals surface area contributed by atoms with Crippen molar-refractivity contribution in [1.82, 2.24) is 5.32 Å². The lowest BCUT2D eigenvalue weighted by molar-refractivity contribution is -0.151. The zero-order chi connectivity index (χ0) is 19.4. The SMILES string of the molecule is COC(=O)CC(C)CCN[C@@H](CC(=O)OCc1ccccc1)C(=O)OC. The molecule has 0 heterocycles. The average molecular weight is 365 g/mol. The maximum atomic E-state index is 12.0. The summed E-state index contributed by atoms with van der Waals surface area (Å²) >= 11 is 0. The number of rotatable bonds is 11. The molecule has 0 saturated carbocycles. The van der Waals surface area contributed by atoms with Crippen LogP contribution in [0.15, 0.2) is 30.3 Å². The molecule has 144 valence electrons. The van der Waals surface area contributed by atoms with E-state index in [1.807, 2.05) is 37.3 Å². The Morgan fingerprint density at radius 3 is 2.31 bits per heavy atom. The van der Waals surface area contributed by atoms with E-state index in [1.165, 1.54) is 14.2 Å². The number of carbonyl (C=O) groups excluding carboxylic acids is 3. The fourth-order valence-corrected chi connectivity index (χ4v) is 2.32. The molecule has 7 nitrogen and oxygen atoms in total. The Morgan fingerprint density at radius 2 is 1.69 bits per heavy atom. The van der Waals surface area contributed by atoms with Gasteiger partial charge in [-0.25, -0.2) is 0 Å². The first-order valence-electron chi connectivity index (χ1n) is 8.53. The van der Waals surface area contributed by atoms with Crippen molar-refractivity contribution in [3.63, 3.8) is 0 Å². The van der Waals surface area contributed by atoms with E-state index in [4.69, 9.17) is 9.47 Å². The monoisotopic (exact) mass is 365 g/mol. The average Bonchev–Trinajstić information content (AvgIpc) is 2.65. The van der Waals surface area contributed by atoms with Crippen molar-refractivity contribution in [2.24, 2.45) is 5.92 Å². The smallest absolute Gasteiger partial charge is 0.323 e. The summed E-state index contributed by atoms with van der Waals surface area (Å²) in [6, 6.07) is 8.52. The highest BCUT2D eigenvalue weighted by Crippen LogP contribution is 2.09. The summed E-state index contributed by atoms with van der Waals surface area (Å²) in [5.41, 5.74) is 0.875. The van der Waals surface area contributed by atoms with Crippen LogP contribution in [-0.4, -0.2) is 44.7 Å². The number of methoxy groups -OCH3 is 2. The Morgan fingerprint density at radius 1 is 1.00 bits per heavy atom. The van der Waals surface area contributed by atoms with Crippen LogP contribution in [0, 0.1) is 5.92 Å². The van der Waals surface area contributed by atoms with Gasteiger partial charge in [-0.1, -0.05) is 37.3 Å². The Labute approximate surface area is 154 Å². The van der Waals surface area contributed by atoms with E-state index in [0.717, 1.165) is 5.56 Å². The Hall–Kier alpha value is -2.41. The normalized spacial score (nSPS) is 12.7. The van der Waals surface area contributed by atoms with Crippen molar-refractivity contribution in [3.05, 3.63) is 35.9 Å². The lowest BCUT2D eigenvalue weighted by Gasteiger charge is -2.17. The number of hydrogen-bond donors (Lipinski definition) is 1. The van der Waals surface area contributed by atoms with Gasteiger partial charge >= 0.3 is 17.9 Å². The highest BCUT2D eigenvalue weighted by Gasteiger charge is 2.23. The molecular weight excluding hydrogens is 338 g/mol. The van der Waals surface area contributed by atoms with Gasteiger partial charge in [0.1, 0.15) is 12.6 Å². The van der Waals surface area contributed by atoms with Gasteiger partial charge in [-0.15, -0.1) is 0 Å². The molecule has 0 fully saturated rings. The van der Waals surface area contributed by atoms with E-state index in [-0.39, 0.29) is 24.9 Å². The van der Waals surface area contributed by atoms with E-state index < -0.39 is 18.0 Å². The van der Waals surface area contributed by atoms with E-state index in [1.54, 1.807) is 0 Å². The topological polar surface area (TPSA) is 90.9 Å². The van der Waals surface area contributed by atoms with Crippen molar-refractivity contribution < 1.29 is 28.6 Å². The molecule has 0 amide bonds. The number of benzene rings is 1. The van der Waals surface area contributed by atoms with Crippen LogP contribution in [0.2, 0.25) is 0 Å². The molecule has 0 saturated heterocycles. The number of ether oxygens (including phenoxy) is 3. The minimum Gasteiger partial charge on any atom is -0.469 e. The first-order valence-corrected chi connectivity index (χ1v) is 8.53. The molecule has 7 heteroatoms. The van der Waals surface area contributed by atoms with Crippen LogP contribution in [-0.2, 0) is 35.2 Å². The predicted molar refractivity (Wildman–Crippen MR) is 95.1 cm³/mol. The van der Waals surface area contributed by atoms with Crippen molar-refractivity contribution in [2.45, 2.75) is 38.8 Å². The second-order valence-electron chi connectivity index (χ2n) is 6.05. The van der Waals surface area contributed by atoms with Crippen LogP contribution >= 0.6 is 0 Å². The standard InChI is InChI=1S/C19H27NO6/c1-14(11-17(21)24-2)9-10-20-16(19(23)25-3)12-18(22)26-13-15-7-5-4-6-8-15/h4-8,14,16,20H,9-13H2,1-3H3/t14?,16-/m0/s1. The Balaban J connectivity index is 2.41. The van der Waals surface area contributed by atoms with E-state index >= 15 is 0 Å². The summed E-state index contributed by atoms with van der Waals surface area (Å²) < 4.78 is 14.6. The zero-order valence-electron chi connectivity index (χ0n) is 15.5. The molecule has 1 N–H and O–H groups in total. The first-order chi connectivity index (χ1) is 12.5. The van der Waals surface area contributed by atoms with Gasteiger partial charge in [0.05, 0.1) is 20.6 Å². The maximum Gasteiger partial charge on any atom is 0.323 e. The number of esters is 3. The molecule has 0 aliphatic heterocycles. The minimum absolute atomic E-state index is 0.0956. The molecule has 1 rings (SSSR count). The maximum absolute atomic E-state index is 12.0. The van der Waals surface area contributed by atoms with Crippen LogP contribution in [0.4, 0.5) is 0 Å². The number of carbonyl (C=O) groups is 3. The van der Waals surface area contributed by atoms with Gasteiger partial charge < -0.3 is 19.5 Å². The summed E-state index contributed by atoms with van der Waals surface area (Å²) in [5, 5.41) is 2.99. The lowest BCUT2D eigenvalue weighted by atomic mass is 10.0. The molecule has 0 aliphatic carbocycles. The Bertz CT molecular complexity index is 575.